The lowest BCUT2D eigenvalue weighted by Crippen LogP contribution is -2.39. The lowest BCUT2D eigenvalue weighted by Gasteiger charge is -2.30. The van der Waals surface area contributed by atoms with E-state index in [9.17, 15) is 13.2 Å². The summed E-state index contributed by atoms with van der Waals surface area (Å²) < 4.78 is 38.2. The molecule has 8 heteroatoms. The quantitative estimate of drug-likeness (QED) is 0.697. The maximum Gasteiger partial charge on any atom is 0.248 e. The van der Waals surface area contributed by atoms with Crippen molar-refractivity contribution in [3.63, 3.8) is 0 Å². The standard InChI is InChI=1S/C19H28N2O5S/c1-3-26-14-19(22)20-10-8-15-6-7-18(11-16(15)12-20)27(23,24)21-9-4-5-17(21)13-25-2/h6-7,11,17H,3-5,8-10,12-14H2,1-2H3/t17-/m0/s1. The molecule has 1 fully saturated rings. The first-order valence-electron chi connectivity index (χ1n) is 9.45. The van der Waals surface area contributed by atoms with Crippen LogP contribution in [-0.2, 0) is 37.3 Å². The molecule has 2 heterocycles. The third-order valence-corrected chi connectivity index (χ3v) is 7.21. The van der Waals surface area contributed by atoms with Gasteiger partial charge in [0.1, 0.15) is 6.61 Å². The van der Waals surface area contributed by atoms with Crippen molar-refractivity contribution in [2.45, 2.75) is 43.7 Å². The van der Waals surface area contributed by atoms with Crippen molar-refractivity contribution < 1.29 is 22.7 Å². The normalized spacial score (nSPS) is 20.7. The molecule has 1 atom stereocenters. The Hall–Kier alpha value is -1.48. The van der Waals surface area contributed by atoms with Gasteiger partial charge < -0.3 is 14.4 Å². The van der Waals surface area contributed by atoms with E-state index in [4.69, 9.17) is 9.47 Å². The van der Waals surface area contributed by atoms with E-state index in [1.807, 2.05) is 13.0 Å². The third-order valence-electron chi connectivity index (χ3n) is 5.26. The first-order valence-corrected chi connectivity index (χ1v) is 10.9. The second-order valence-corrected chi connectivity index (χ2v) is 8.89. The smallest absolute Gasteiger partial charge is 0.248 e. The Morgan fingerprint density at radius 2 is 2.07 bits per heavy atom. The Balaban J connectivity index is 1.80. The van der Waals surface area contributed by atoms with Gasteiger partial charge in [0.25, 0.3) is 0 Å². The van der Waals surface area contributed by atoms with Crippen molar-refractivity contribution in [2.75, 3.05) is 40.0 Å². The molecule has 0 N–H and O–H groups in total. The van der Waals surface area contributed by atoms with E-state index in [0.717, 1.165) is 30.4 Å². The minimum atomic E-state index is -3.57. The van der Waals surface area contributed by atoms with Crippen molar-refractivity contribution in [3.8, 4) is 0 Å². The zero-order chi connectivity index (χ0) is 19.4. The highest BCUT2D eigenvalue weighted by atomic mass is 32.2. The summed E-state index contributed by atoms with van der Waals surface area (Å²) in [5.41, 5.74) is 2.00. The summed E-state index contributed by atoms with van der Waals surface area (Å²) in [5, 5.41) is 0. The molecule has 2 aliphatic heterocycles. The average Bonchev–Trinajstić information content (AvgIpc) is 3.14. The summed E-state index contributed by atoms with van der Waals surface area (Å²) in [6.45, 7) is 4.40. The van der Waals surface area contributed by atoms with E-state index in [1.54, 1.807) is 28.4 Å². The number of hydrogen-bond acceptors (Lipinski definition) is 5. The molecule has 150 valence electrons. The number of sulfonamides is 1. The van der Waals surface area contributed by atoms with Crippen molar-refractivity contribution in [1.82, 2.24) is 9.21 Å². The molecule has 1 saturated heterocycles. The molecule has 0 aliphatic carbocycles. The molecule has 0 spiro atoms. The second-order valence-electron chi connectivity index (χ2n) is 7.00. The summed E-state index contributed by atoms with van der Waals surface area (Å²) in [6.07, 6.45) is 2.39. The fourth-order valence-corrected chi connectivity index (χ4v) is 5.54. The summed E-state index contributed by atoms with van der Waals surface area (Å²) in [6, 6.07) is 5.19. The zero-order valence-corrected chi connectivity index (χ0v) is 16.8. The average molecular weight is 397 g/mol. The van der Waals surface area contributed by atoms with Crippen LogP contribution in [0.25, 0.3) is 0 Å². The van der Waals surface area contributed by atoms with Gasteiger partial charge in [0, 0.05) is 39.4 Å². The van der Waals surface area contributed by atoms with E-state index in [-0.39, 0.29) is 18.6 Å². The van der Waals surface area contributed by atoms with Gasteiger partial charge in [0.05, 0.1) is 11.5 Å². The molecule has 0 bridgehead atoms. The monoisotopic (exact) mass is 396 g/mol. The van der Waals surface area contributed by atoms with Crippen LogP contribution in [0.15, 0.2) is 23.1 Å². The van der Waals surface area contributed by atoms with E-state index >= 15 is 0 Å². The Kier molecular flexibility index (Phi) is 6.52. The molecule has 1 amide bonds. The SMILES string of the molecule is CCOCC(=O)N1CCc2ccc(S(=O)(=O)N3CCC[C@H]3COC)cc2C1. The first kappa shape index (κ1) is 20.3. The summed E-state index contributed by atoms with van der Waals surface area (Å²) in [4.78, 5) is 14.3. The molecule has 1 aromatic carbocycles. The highest BCUT2D eigenvalue weighted by Crippen LogP contribution is 2.29. The Morgan fingerprint density at radius 3 is 2.81 bits per heavy atom. The van der Waals surface area contributed by atoms with Crippen LogP contribution in [0.1, 0.15) is 30.9 Å². The van der Waals surface area contributed by atoms with Crippen LogP contribution in [-0.4, -0.2) is 69.6 Å². The van der Waals surface area contributed by atoms with Gasteiger partial charge in [-0.05, 0) is 49.4 Å². The molecular formula is C19H28N2O5S. The molecule has 0 aromatic heterocycles. The lowest BCUT2D eigenvalue weighted by molar-refractivity contribution is -0.136. The first-order chi connectivity index (χ1) is 13.0. The predicted octanol–water partition coefficient (Wildman–Crippen LogP) is 1.41. The van der Waals surface area contributed by atoms with Crippen LogP contribution in [0, 0.1) is 0 Å². The molecule has 0 saturated carbocycles. The Labute approximate surface area is 161 Å². The molecule has 27 heavy (non-hydrogen) atoms. The van der Waals surface area contributed by atoms with Crippen LogP contribution in [0.3, 0.4) is 0 Å². The third kappa shape index (κ3) is 4.34. The lowest BCUT2D eigenvalue weighted by atomic mass is 10.00. The number of benzene rings is 1. The number of amides is 1. The van der Waals surface area contributed by atoms with Crippen molar-refractivity contribution >= 4 is 15.9 Å². The number of hydrogen-bond donors (Lipinski definition) is 0. The van der Waals surface area contributed by atoms with Crippen molar-refractivity contribution in [1.29, 1.82) is 0 Å². The molecule has 7 nitrogen and oxygen atoms in total. The van der Waals surface area contributed by atoms with Crippen LogP contribution in [0.4, 0.5) is 0 Å². The Morgan fingerprint density at radius 1 is 1.26 bits per heavy atom. The second kappa shape index (κ2) is 8.68. The van der Waals surface area contributed by atoms with Crippen LogP contribution >= 0.6 is 0 Å². The van der Waals surface area contributed by atoms with Gasteiger partial charge >= 0.3 is 0 Å². The number of ether oxygens (including phenoxy) is 2. The predicted molar refractivity (Wildman–Crippen MR) is 101 cm³/mol. The van der Waals surface area contributed by atoms with Crippen molar-refractivity contribution in [2.24, 2.45) is 0 Å². The van der Waals surface area contributed by atoms with E-state index in [1.165, 1.54) is 0 Å². The molecule has 0 radical (unpaired) electrons. The van der Waals surface area contributed by atoms with Gasteiger partial charge in [-0.1, -0.05) is 6.07 Å². The van der Waals surface area contributed by atoms with Crippen LogP contribution in [0.5, 0.6) is 0 Å². The molecule has 0 unspecified atom stereocenters. The van der Waals surface area contributed by atoms with E-state index in [2.05, 4.69) is 0 Å². The minimum absolute atomic E-state index is 0.0598. The van der Waals surface area contributed by atoms with Gasteiger partial charge in [-0.15, -0.1) is 0 Å². The van der Waals surface area contributed by atoms with Gasteiger partial charge in [-0.3, -0.25) is 4.79 Å². The maximum absolute atomic E-state index is 13.1. The van der Waals surface area contributed by atoms with Gasteiger partial charge in [-0.25, -0.2) is 8.42 Å². The molecule has 3 rings (SSSR count). The van der Waals surface area contributed by atoms with Crippen molar-refractivity contribution in [3.05, 3.63) is 29.3 Å². The van der Waals surface area contributed by atoms with E-state index in [0.29, 0.717) is 37.7 Å². The van der Waals surface area contributed by atoms with Gasteiger partial charge in [0.15, 0.2) is 0 Å². The number of carbonyl (C=O) groups is 1. The Bertz CT molecular complexity index is 780. The van der Waals surface area contributed by atoms with Gasteiger partial charge in [0.2, 0.25) is 15.9 Å². The van der Waals surface area contributed by atoms with Gasteiger partial charge in [-0.2, -0.15) is 4.31 Å². The zero-order valence-electron chi connectivity index (χ0n) is 16.0. The van der Waals surface area contributed by atoms with Crippen LogP contribution in [0.2, 0.25) is 0 Å². The number of rotatable bonds is 7. The maximum atomic E-state index is 13.1. The highest BCUT2D eigenvalue weighted by Gasteiger charge is 2.35. The number of nitrogens with zero attached hydrogens (tertiary/aromatic N) is 2. The minimum Gasteiger partial charge on any atom is -0.383 e. The number of methoxy groups -OCH3 is 1. The fraction of sp³-hybridized carbons (Fsp3) is 0.632. The summed E-state index contributed by atoms with van der Waals surface area (Å²) >= 11 is 0. The summed E-state index contributed by atoms with van der Waals surface area (Å²) in [5.74, 6) is -0.0598. The number of carbonyl (C=O) groups excluding carboxylic acids is 1. The molecule has 1 aromatic rings. The fourth-order valence-electron chi connectivity index (χ4n) is 3.81. The summed E-state index contributed by atoms with van der Waals surface area (Å²) in [7, 11) is -1.98. The number of fused-ring (bicyclic) bond motifs is 1. The molecule has 2 aliphatic rings. The topological polar surface area (TPSA) is 76.2 Å². The van der Waals surface area contributed by atoms with E-state index < -0.39 is 10.0 Å². The molecular weight excluding hydrogens is 368 g/mol. The largest absolute Gasteiger partial charge is 0.383 e. The van der Waals surface area contributed by atoms with Crippen LogP contribution < -0.4 is 0 Å². The highest BCUT2D eigenvalue weighted by molar-refractivity contribution is 7.89.